The summed E-state index contributed by atoms with van der Waals surface area (Å²) >= 11 is 0. The zero-order valence-electron chi connectivity index (χ0n) is 19.7. The number of ether oxygens (including phenoxy) is 2. The highest BCUT2D eigenvalue weighted by molar-refractivity contribution is 5.78. The number of piperidine rings is 1. The van der Waals surface area contributed by atoms with E-state index in [-0.39, 0.29) is 18.8 Å². The monoisotopic (exact) mass is 469 g/mol. The minimum absolute atomic E-state index is 0.147. The maximum atomic E-state index is 10.6. The van der Waals surface area contributed by atoms with E-state index in [0.29, 0.717) is 12.4 Å². The van der Waals surface area contributed by atoms with Gasteiger partial charge in [0.2, 0.25) is 5.88 Å². The number of pyridine rings is 2. The van der Waals surface area contributed by atoms with Crippen LogP contribution in [0.3, 0.4) is 0 Å². The second kappa shape index (κ2) is 11.4. The van der Waals surface area contributed by atoms with E-state index in [1.165, 1.54) is 0 Å². The summed E-state index contributed by atoms with van der Waals surface area (Å²) < 4.78 is 12.3. The van der Waals surface area contributed by atoms with Crippen LogP contribution in [0.2, 0.25) is 0 Å². The Bertz CT molecular complexity index is 1160. The summed E-state index contributed by atoms with van der Waals surface area (Å²) in [6.07, 6.45) is 3.03. The number of aromatic nitrogens is 2. The molecule has 0 bridgehead atoms. The highest BCUT2D eigenvalue weighted by Gasteiger charge is 2.26. The lowest BCUT2D eigenvalue weighted by Gasteiger charge is -2.34. The van der Waals surface area contributed by atoms with E-state index in [9.17, 15) is 5.11 Å². The van der Waals surface area contributed by atoms with Crippen LogP contribution in [0.5, 0.6) is 5.88 Å². The van der Waals surface area contributed by atoms with E-state index in [2.05, 4.69) is 27.0 Å². The topological polar surface area (TPSA) is 67.7 Å². The molecule has 2 aromatic carbocycles. The van der Waals surface area contributed by atoms with Crippen molar-refractivity contribution in [1.82, 2.24) is 14.9 Å². The third-order valence-corrected chi connectivity index (χ3v) is 6.39. The van der Waals surface area contributed by atoms with E-state index in [1.54, 1.807) is 0 Å². The van der Waals surface area contributed by atoms with E-state index >= 15 is 0 Å². The fourth-order valence-electron chi connectivity index (χ4n) is 4.56. The van der Waals surface area contributed by atoms with Crippen LogP contribution < -0.4 is 4.74 Å². The molecule has 6 heteroatoms. The van der Waals surface area contributed by atoms with Crippen LogP contribution in [0.15, 0.2) is 91.1 Å². The number of rotatable bonds is 9. The molecule has 1 saturated heterocycles. The minimum atomic E-state index is -0.577. The SMILES string of the molecule is OC(COc1ccc2ccccc2n1)CN1CCC(OC(c2ccccc2)c2ccccn2)CC1. The molecular weight excluding hydrogens is 438 g/mol. The van der Waals surface area contributed by atoms with Crippen LogP contribution in [0.1, 0.15) is 30.2 Å². The molecule has 0 aliphatic carbocycles. The summed E-state index contributed by atoms with van der Waals surface area (Å²) in [5, 5.41) is 11.6. The van der Waals surface area contributed by atoms with Crippen molar-refractivity contribution in [1.29, 1.82) is 0 Å². The number of aliphatic hydroxyl groups excluding tert-OH is 1. The van der Waals surface area contributed by atoms with Crippen molar-refractivity contribution in [2.75, 3.05) is 26.2 Å². The number of aliphatic hydroxyl groups is 1. The maximum absolute atomic E-state index is 10.6. The van der Waals surface area contributed by atoms with Crippen molar-refractivity contribution in [2.24, 2.45) is 0 Å². The maximum Gasteiger partial charge on any atom is 0.213 e. The van der Waals surface area contributed by atoms with Gasteiger partial charge in [0, 0.05) is 37.3 Å². The van der Waals surface area contributed by atoms with E-state index in [0.717, 1.165) is 48.1 Å². The Balaban J connectivity index is 1.11. The molecule has 0 radical (unpaired) electrons. The lowest BCUT2D eigenvalue weighted by molar-refractivity contribution is -0.0360. The van der Waals surface area contributed by atoms with Gasteiger partial charge in [-0.25, -0.2) is 4.98 Å². The quantitative estimate of drug-likeness (QED) is 0.385. The van der Waals surface area contributed by atoms with Crippen molar-refractivity contribution in [3.63, 3.8) is 0 Å². The first-order valence-corrected chi connectivity index (χ1v) is 12.2. The Morgan fingerprint density at radius 1 is 0.886 bits per heavy atom. The summed E-state index contributed by atoms with van der Waals surface area (Å²) in [4.78, 5) is 11.3. The molecule has 0 spiro atoms. The molecule has 1 aliphatic heterocycles. The predicted octanol–water partition coefficient (Wildman–Crippen LogP) is 4.64. The van der Waals surface area contributed by atoms with Crippen LogP contribution in [-0.4, -0.2) is 58.4 Å². The molecular formula is C29H31N3O3. The molecule has 0 amide bonds. The number of fused-ring (bicyclic) bond motifs is 1. The number of hydrogen-bond acceptors (Lipinski definition) is 6. The van der Waals surface area contributed by atoms with Crippen LogP contribution in [0.25, 0.3) is 10.9 Å². The standard InChI is InChI=1S/C29H31N3O3/c33-24(21-34-28-14-13-22-8-4-5-11-26(22)31-28)20-32-18-15-25(16-19-32)35-29(23-9-2-1-3-10-23)27-12-6-7-17-30-27/h1-14,17,24-25,29,33H,15-16,18-21H2. The second-order valence-corrected chi connectivity index (χ2v) is 8.99. The Hall–Kier alpha value is -3.32. The first kappa shape index (κ1) is 23.4. The van der Waals surface area contributed by atoms with Gasteiger partial charge < -0.3 is 19.5 Å². The molecule has 6 nitrogen and oxygen atoms in total. The van der Waals surface area contributed by atoms with Crippen molar-refractivity contribution < 1.29 is 14.6 Å². The molecule has 0 saturated carbocycles. The predicted molar refractivity (Wildman–Crippen MR) is 136 cm³/mol. The van der Waals surface area contributed by atoms with Crippen molar-refractivity contribution in [2.45, 2.75) is 31.2 Å². The highest BCUT2D eigenvalue weighted by Crippen LogP contribution is 2.29. The summed E-state index contributed by atoms with van der Waals surface area (Å²) in [5.41, 5.74) is 2.93. The van der Waals surface area contributed by atoms with Crippen LogP contribution in [-0.2, 0) is 4.74 Å². The van der Waals surface area contributed by atoms with Gasteiger partial charge in [-0.05, 0) is 42.7 Å². The smallest absolute Gasteiger partial charge is 0.213 e. The Morgan fingerprint density at radius 2 is 1.66 bits per heavy atom. The number of nitrogens with zero attached hydrogens (tertiary/aromatic N) is 3. The van der Waals surface area contributed by atoms with Gasteiger partial charge in [0.1, 0.15) is 18.8 Å². The van der Waals surface area contributed by atoms with Crippen LogP contribution in [0.4, 0.5) is 0 Å². The van der Waals surface area contributed by atoms with Gasteiger partial charge in [0.25, 0.3) is 0 Å². The fourth-order valence-corrected chi connectivity index (χ4v) is 4.56. The Kier molecular flexibility index (Phi) is 7.63. The normalized spacial score (nSPS) is 16.7. The molecule has 3 heterocycles. The fraction of sp³-hybridized carbons (Fsp3) is 0.310. The Morgan fingerprint density at radius 3 is 2.46 bits per heavy atom. The van der Waals surface area contributed by atoms with Gasteiger partial charge in [-0.15, -0.1) is 0 Å². The molecule has 1 aliphatic rings. The number of hydrogen-bond donors (Lipinski definition) is 1. The highest BCUT2D eigenvalue weighted by atomic mass is 16.5. The largest absolute Gasteiger partial charge is 0.475 e. The van der Waals surface area contributed by atoms with Gasteiger partial charge in [0.05, 0.1) is 17.3 Å². The van der Waals surface area contributed by atoms with Gasteiger partial charge in [0.15, 0.2) is 0 Å². The summed E-state index contributed by atoms with van der Waals surface area (Å²) in [5.74, 6) is 0.538. The summed E-state index contributed by atoms with van der Waals surface area (Å²) in [7, 11) is 0. The third kappa shape index (κ3) is 6.22. The molecule has 1 fully saturated rings. The summed E-state index contributed by atoms with van der Waals surface area (Å²) in [6, 6.07) is 28.0. The van der Waals surface area contributed by atoms with Crippen LogP contribution >= 0.6 is 0 Å². The number of para-hydroxylation sites is 1. The first-order chi connectivity index (χ1) is 17.2. The molecule has 2 aromatic heterocycles. The molecule has 180 valence electrons. The van der Waals surface area contributed by atoms with Gasteiger partial charge in [-0.2, -0.15) is 0 Å². The summed E-state index contributed by atoms with van der Waals surface area (Å²) in [6.45, 7) is 2.54. The second-order valence-electron chi connectivity index (χ2n) is 8.99. The number of likely N-dealkylation sites (tertiary alicyclic amines) is 1. The zero-order chi connectivity index (χ0) is 23.9. The molecule has 4 aromatic rings. The zero-order valence-corrected chi connectivity index (χ0v) is 19.7. The molecule has 5 rings (SSSR count). The van der Waals surface area contributed by atoms with Gasteiger partial charge in [-0.3, -0.25) is 4.98 Å². The molecule has 2 atom stereocenters. The molecule has 2 unspecified atom stereocenters. The number of benzene rings is 2. The Labute approximate surface area is 206 Å². The average molecular weight is 470 g/mol. The van der Waals surface area contributed by atoms with E-state index in [4.69, 9.17) is 9.47 Å². The van der Waals surface area contributed by atoms with E-state index < -0.39 is 6.10 Å². The third-order valence-electron chi connectivity index (χ3n) is 6.39. The van der Waals surface area contributed by atoms with Crippen molar-refractivity contribution >= 4 is 10.9 Å². The average Bonchev–Trinajstić information content (AvgIpc) is 2.92. The van der Waals surface area contributed by atoms with Crippen molar-refractivity contribution in [3.8, 4) is 5.88 Å². The minimum Gasteiger partial charge on any atom is -0.475 e. The van der Waals surface area contributed by atoms with Crippen molar-refractivity contribution in [3.05, 3.63) is 102 Å². The lowest BCUT2D eigenvalue weighted by atomic mass is 10.0. The van der Waals surface area contributed by atoms with E-state index in [1.807, 2.05) is 79.0 Å². The lowest BCUT2D eigenvalue weighted by Crippen LogP contribution is -2.42. The van der Waals surface area contributed by atoms with Crippen LogP contribution in [0, 0.1) is 0 Å². The molecule has 35 heavy (non-hydrogen) atoms. The van der Waals surface area contributed by atoms with Gasteiger partial charge >= 0.3 is 0 Å². The van der Waals surface area contributed by atoms with Gasteiger partial charge in [-0.1, -0.05) is 54.6 Å². The first-order valence-electron chi connectivity index (χ1n) is 12.2. The number of β-amino-alcohol motifs (C(OH)–C–C–N with tert-alkyl or cyclic N) is 1. The molecule has 1 N–H and O–H groups in total.